The highest BCUT2D eigenvalue weighted by molar-refractivity contribution is 7.89. The molecular weight excluding hydrogens is 304 g/mol. The highest BCUT2D eigenvalue weighted by atomic mass is 32.2. The summed E-state index contributed by atoms with van der Waals surface area (Å²) >= 11 is 0. The predicted molar refractivity (Wildman–Crippen MR) is 79.7 cm³/mol. The molecule has 0 unspecified atom stereocenters. The molecule has 0 radical (unpaired) electrons. The summed E-state index contributed by atoms with van der Waals surface area (Å²) in [6, 6.07) is 3.81. The summed E-state index contributed by atoms with van der Waals surface area (Å²) in [5.74, 6) is 1.30. The van der Waals surface area contributed by atoms with Crippen LogP contribution in [0.3, 0.4) is 0 Å². The van der Waals surface area contributed by atoms with Gasteiger partial charge in [0.05, 0.1) is 11.7 Å². The van der Waals surface area contributed by atoms with Crippen LogP contribution in [-0.2, 0) is 16.4 Å². The van der Waals surface area contributed by atoms with Crippen LogP contribution in [0.25, 0.3) is 0 Å². The number of pyridine rings is 1. The number of sulfonamides is 1. The van der Waals surface area contributed by atoms with E-state index in [-0.39, 0.29) is 11.7 Å². The molecule has 0 saturated carbocycles. The molecule has 1 saturated heterocycles. The van der Waals surface area contributed by atoms with Crippen molar-refractivity contribution in [3.05, 3.63) is 41.8 Å². The van der Waals surface area contributed by atoms with Crippen LogP contribution in [0, 0.1) is 0 Å². The number of nitrogens with zero attached hydrogens (tertiary/aromatic N) is 4. The smallest absolute Gasteiger partial charge is 0.232 e. The molecule has 2 aromatic heterocycles. The van der Waals surface area contributed by atoms with Gasteiger partial charge in [-0.15, -0.1) is 0 Å². The number of rotatable bonds is 6. The van der Waals surface area contributed by atoms with E-state index in [2.05, 4.69) is 15.1 Å². The van der Waals surface area contributed by atoms with Crippen LogP contribution >= 0.6 is 0 Å². The second kappa shape index (κ2) is 6.13. The largest absolute Gasteiger partial charge is 0.339 e. The first kappa shape index (κ1) is 15.1. The van der Waals surface area contributed by atoms with Gasteiger partial charge >= 0.3 is 0 Å². The van der Waals surface area contributed by atoms with Crippen molar-refractivity contribution in [3.8, 4) is 0 Å². The zero-order valence-electron chi connectivity index (χ0n) is 12.3. The van der Waals surface area contributed by atoms with Gasteiger partial charge in [-0.25, -0.2) is 12.7 Å². The molecule has 1 fully saturated rings. The molecule has 3 rings (SSSR count). The molecule has 2 aromatic rings. The van der Waals surface area contributed by atoms with E-state index in [9.17, 15) is 8.42 Å². The van der Waals surface area contributed by atoms with Crippen LogP contribution in [0.5, 0.6) is 0 Å². The molecule has 22 heavy (non-hydrogen) atoms. The summed E-state index contributed by atoms with van der Waals surface area (Å²) < 4.78 is 30.5. The van der Waals surface area contributed by atoms with Crippen molar-refractivity contribution in [2.75, 3.05) is 18.8 Å². The Morgan fingerprint density at radius 1 is 1.41 bits per heavy atom. The fraction of sp³-hybridized carbons (Fsp3) is 0.500. The second-order valence-corrected chi connectivity index (χ2v) is 7.51. The average molecular weight is 322 g/mol. The number of aromatic nitrogens is 3. The minimum atomic E-state index is -3.12. The second-order valence-electron chi connectivity index (χ2n) is 5.42. The van der Waals surface area contributed by atoms with Crippen LogP contribution in [0.15, 0.2) is 29.0 Å². The van der Waals surface area contributed by atoms with Crippen molar-refractivity contribution in [2.45, 2.75) is 25.7 Å². The van der Waals surface area contributed by atoms with Gasteiger partial charge in [0.25, 0.3) is 0 Å². The monoisotopic (exact) mass is 322 g/mol. The Morgan fingerprint density at radius 2 is 2.23 bits per heavy atom. The highest BCUT2D eigenvalue weighted by Gasteiger charge is 2.39. The fourth-order valence-corrected chi connectivity index (χ4v) is 3.99. The van der Waals surface area contributed by atoms with E-state index in [1.54, 1.807) is 12.4 Å². The van der Waals surface area contributed by atoms with Gasteiger partial charge < -0.3 is 4.52 Å². The first-order chi connectivity index (χ1) is 10.6. The van der Waals surface area contributed by atoms with Gasteiger partial charge in [0.1, 0.15) is 0 Å². The minimum Gasteiger partial charge on any atom is -0.339 e. The van der Waals surface area contributed by atoms with Crippen molar-refractivity contribution in [2.24, 2.45) is 0 Å². The van der Waals surface area contributed by atoms with Gasteiger partial charge in [-0.1, -0.05) is 18.1 Å². The Hall–Kier alpha value is -1.80. The van der Waals surface area contributed by atoms with E-state index >= 15 is 0 Å². The van der Waals surface area contributed by atoms with E-state index in [0.29, 0.717) is 37.6 Å². The Balaban J connectivity index is 1.60. The van der Waals surface area contributed by atoms with Gasteiger partial charge in [0.15, 0.2) is 5.82 Å². The topological polar surface area (TPSA) is 89.2 Å². The van der Waals surface area contributed by atoms with Crippen LogP contribution in [0.2, 0.25) is 0 Å². The van der Waals surface area contributed by atoms with Crippen molar-refractivity contribution in [1.82, 2.24) is 19.4 Å². The van der Waals surface area contributed by atoms with E-state index < -0.39 is 10.0 Å². The Morgan fingerprint density at radius 3 is 2.91 bits per heavy atom. The lowest BCUT2D eigenvalue weighted by Crippen LogP contribution is -2.49. The minimum absolute atomic E-state index is 0.00165. The standard InChI is InChI=1S/C14H18N4O3S/c1-2-6-22(19,20)18-9-12(10-18)14-16-13(17-21-14)7-11-4-3-5-15-8-11/h3-5,8,12H,2,6-7,9-10H2,1H3. The van der Waals surface area contributed by atoms with Crippen molar-refractivity contribution in [1.29, 1.82) is 0 Å². The lowest BCUT2D eigenvalue weighted by Gasteiger charge is -2.35. The van der Waals surface area contributed by atoms with Gasteiger partial charge in [0, 0.05) is 31.9 Å². The van der Waals surface area contributed by atoms with E-state index in [0.717, 1.165) is 5.56 Å². The third-order valence-corrected chi connectivity index (χ3v) is 5.63. The van der Waals surface area contributed by atoms with Crippen molar-refractivity contribution in [3.63, 3.8) is 0 Å². The maximum absolute atomic E-state index is 11.9. The lowest BCUT2D eigenvalue weighted by molar-refractivity contribution is 0.216. The zero-order chi connectivity index (χ0) is 15.6. The summed E-state index contributed by atoms with van der Waals surface area (Å²) in [6.07, 6.45) is 4.66. The maximum Gasteiger partial charge on any atom is 0.232 e. The molecule has 118 valence electrons. The third kappa shape index (κ3) is 3.17. The normalized spacial score (nSPS) is 16.6. The van der Waals surface area contributed by atoms with Crippen LogP contribution in [-0.4, -0.2) is 46.7 Å². The Bertz CT molecular complexity index is 724. The number of hydrogen-bond acceptors (Lipinski definition) is 6. The summed E-state index contributed by atoms with van der Waals surface area (Å²) in [6.45, 7) is 2.71. The van der Waals surface area contributed by atoms with Crippen molar-refractivity contribution >= 4 is 10.0 Å². The summed E-state index contributed by atoms with van der Waals surface area (Å²) in [4.78, 5) is 8.41. The highest BCUT2D eigenvalue weighted by Crippen LogP contribution is 2.28. The Kier molecular flexibility index (Phi) is 4.21. The molecule has 1 aliphatic rings. The van der Waals surface area contributed by atoms with E-state index in [4.69, 9.17) is 4.52 Å². The summed E-state index contributed by atoms with van der Waals surface area (Å²) in [5.41, 5.74) is 1.01. The fourth-order valence-electron chi connectivity index (χ4n) is 2.40. The van der Waals surface area contributed by atoms with Gasteiger partial charge in [-0.05, 0) is 18.1 Å². The SMILES string of the molecule is CCCS(=O)(=O)N1CC(c2nc(Cc3cccnc3)no2)C1. The molecular formula is C14H18N4O3S. The maximum atomic E-state index is 11.9. The molecule has 0 amide bonds. The van der Waals surface area contributed by atoms with Crippen molar-refractivity contribution < 1.29 is 12.9 Å². The molecule has 0 N–H and O–H groups in total. The molecule has 0 spiro atoms. The molecule has 0 aromatic carbocycles. The molecule has 3 heterocycles. The molecule has 0 atom stereocenters. The number of hydrogen-bond donors (Lipinski definition) is 0. The van der Waals surface area contributed by atoms with Crippen LogP contribution < -0.4 is 0 Å². The molecule has 7 nitrogen and oxygen atoms in total. The van der Waals surface area contributed by atoms with Gasteiger partial charge in [-0.2, -0.15) is 4.98 Å². The van der Waals surface area contributed by atoms with Gasteiger partial charge in [0.2, 0.25) is 15.9 Å². The third-order valence-electron chi connectivity index (χ3n) is 3.62. The molecule has 1 aliphatic heterocycles. The van der Waals surface area contributed by atoms with Crippen LogP contribution in [0.4, 0.5) is 0 Å². The molecule has 0 bridgehead atoms. The quantitative estimate of drug-likeness (QED) is 0.794. The first-order valence-electron chi connectivity index (χ1n) is 7.27. The van der Waals surface area contributed by atoms with E-state index in [1.165, 1.54) is 4.31 Å². The molecule has 0 aliphatic carbocycles. The summed E-state index contributed by atoms with van der Waals surface area (Å²) in [5, 5.41) is 3.96. The Labute approximate surface area is 129 Å². The van der Waals surface area contributed by atoms with Gasteiger partial charge in [-0.3, -0.25) is 4.98 Å². The predicted octanol–water partition coefficient (Wildman–Crippen LogP) is 1.19. The summed E-state index contributed by atoms with van der Waals surface area (Å²) in [7, 11) is -3.12. The zero-order valence-corrected chi connectivity index (χ0v) is 13.2. The average Bonchev–Trinajstić information content (AvgIpc) is 2.86. The first-order valence-corrected chi connectivity index (χ1v) is 8.88. The van der Waals surface area contributed by atoms with Crippen LogP contribution in [0.1, 0.15) is 36.5 Å². The molecule has 8 heteroatoms. The van der Waals surface area contributed by atoms with E-state index in [1.807, 2.05) is 19.1 Å². The lowest BCUT2D eigenvalue weighted by atomic mass is 10.0.